The van der Waals surface area contributed by atoms with Gasteiger partial charge in [-0.2, -0.15) is 5.10 Å². The summed E-state index contributed by atoms with van der Waals surface area (Å²) in [4.78, 5) is 22.3. The first kappa shape index (κ1) is 16.1. The summed E-state index contributed by atoms with van der Waals surface area (Å²) < 4.78 is 4.85. The van der Waals surface area contributed by atoms with E-state index in [2.05, 4.69) is 10.5 Å². The normalized spacial score (nSPS) is 10.8. The van der Waals surface area contributed by atoms with E-state index < -0.39 is 4.92 Å². The number of benzene rings is 1. The van der Waals surface area contributed by atoms with Crippen molar-refractivity contribution < 1.29 is 14.1 Å². The molecule has 2 rings (SSSR count). The van der Waals surface area contributed by atoms with Gasteiger partial charge in [0.15, 0.2) is 5.76 Å². The Labute approximate surface area is 134 Å². The summed E-state index contributed by atoms with van der Waals surface area (Å²) >= 11 is 7.10. The number of furan rings is 1. The molecule has 7 nitrogen and oxygen atoms in total. The third kappa shape index (κ3) is 4.90. The predicted molar refractivity (Wildman–Crippen MR) is 83.3 cm³/mol. The van der Waals surface area contributed by atoms with Crippen molar-refractivity contribution in [3.63, 3.8) is 0 Å². The third-order valence-electron chi connectivity index (χ3n) is 2.36. The molecule has 0 bridgehead atoms. The number of carbonyl (C=O) groups is 1. The number of nitro groups is 1. The first-order valence-corrected chi connectivity index (χ1v) is 7.35. The Balaban J connectivity index is 1.78. The number of rotatable bonds is 6. The first-order valence-electron chi connectivity index (χ1n) is 5.99. The molecule has 1 amide bonds. The summed E-state index contributed by atoms with van der Waals surface area (Å²) in [5.41, 5.74) is 2.31. The average Bonchev–Trinajstić information content (AvgIpc) is 2.96. The number of hydrazone groups is 1. The average molecular weight is 340 g/mol. The van der Waals surface area contributed by atoms with E-state index in [9.17, 15) is 14.9 Å². The summed E-state index contributed by atoms with van der Waals surface area (Å²) in [6, 6.07) is 9.69. The molecule has 0 atom stereocenters. The van der Waals surface area contributed by atoms with Crippen molar-refractivity contribution in [2.45, 2.75) is 4.90 Å². The van der Waals surface area contributed by atoms with Crippen molar-refractivity contribution in [2.75, 3.05) is 5.75 Å². The molecule has 114 valence electrons. The van der Waals surface area contributed by atoms with Crippen molar-refractivity contribution in [1.29, 1.82) is 0 Å². The van der Waals surface area contributed by atoms with Gasteiger partial charge >= 0.3 is 5.88 Å². The molecule has 1 heterocycles. The summed E-state index contributed by atoms with van der Waals surface area (Å²) in [5, 5.41) is 14.7. The van der Waals surface area contributed by atoms with Gasteiger partial charge in [-0.25, -0.2) is 5.43 Å². The van der Waals surface area contributed by atoms with Crippen LogP contribution < -0.4 is 5.43 Å². The Morgan fingerprint density at radius 2 is 2.09 bits per heavy atom. The van der Waals surface area contributed by atoms with Crippen LogP contribution in [0.1, 0.15) is 5.76 Å². The molecular formula is C13H10ClN3O4S. The van der Waals surface area contributed by atoms with Crippen LogP contribution in [0, 0.1) is 10.1 Å². The molecule has 0 unspecified atom stereocenters. The Hall–Kier alpha value is -2.32. The largest absolute Gasteiger partial charge is 0.433 e. The van der Waals surface area contributed by atoms with Crippen molar-refractivity contribution in [3.05, 3.63) is 57.3 Å². The minimum atomic E-state index is -0.654. The molecule has 1 N–H and O–H groups in total. The smallest absolute Gasteiger partial charge is 0.400 e. The number of nitrogens with zero attached hydrogens (tertiary/aromatic N) is 2. The standard InChI is InChI=1S/C13H10ClN3O4S/c14-9-1-4-11(5-2-9)22-8-12(18)16-15-7-10-3-6-13(21-10)17(19)20/h1-7H,8H2,(H,16,18). The highest BCUT2D eigenvalue weighted by atomic mass is 35.5. The molecule has 1 aromatic carbocycles. The summed E-state index contributed by atoms with van der Waals surface area (Å²) in [6.07, 6.45) is 1.19. The van der Waals surface area contributed by atoms with Crippen molar-refractivity contribution in [3.8, 4) is 0 Å². The molecular weight excluding hydrogens is 330 g/mol. The number of halogens is 1. The highest BCUT2D eigenvalue weighted by Crippen LogP contribution is 2.19. The molecule has 1 aromatic heterocycles. The third-order valence-corrected chi connectivity index (χ3v) is 3.62. The van der Waals surface area contributed by atoms with Gasteiger partial charge in [0, 0.05) is 9.92 Å². The van der Waals surface area contributed by atoms with E-state index in [1.165, 1.54) is 30.1 Å². The van der Waals surface area contributed by atoms with Gasteiger partial charge in [0.25, 0.3) is 0 Å². The quantitative estimate of drug-likeness (QED) is 0.377. The van der Waals surface area contributed by atoms with Gasteiger partial charge in [-0.1, -0.05) is 11.6 Å². The summed E-state index contributed by atoms with van der Waals surface area (Å²) in [5.74, 6) is -0.335. The maximum atomic E-state index is 11.6. The van der Waals surface area contributed by atoms with E-state index >= 15 is 0 Å². The zero-order valence-corrected chi connectivity index (χ0v) is 12.6. The zero-order chi connectivity index (χ0) is 15.9. The summed E-state index contributed by atoms with van der Waals surface area (Å²) in [7, 11) is 0. The van der Waals surface area contributed by atoms with Gasteiger partial charge in [-0.05, 0) is 30.3 Å². The van der Waals surface area contributed by atoms with Crippen LogP contribution in [-0.4, -0.2) is 22.8 Å². The Bertz CT molecular complexity index is 700. The van der Waals surface area contributed by atoms with Gasteiger partial charge in [0.05, 0.1) is 18.0 Å². The topological polar surface area (TPSA) is 97.7 Å². The van der Waals surface area contributed by atoms with Crippen LogP contribution in [0.25, 0.3) is 0 Å². The summed E-state index contributed by atoms with van der Waals surface area (Å²) in [6.45, 7) is 0. The Morgan fingerprint density at radius 1 is 1.36 bits per heavy atom. The fraction of sp³-hybridized carbons (Fsp3) is 0.0769. The molecule has 9 heteroatoms. The van der Waals surface area contributed by atoms with Crippen LogP contribution in [0.4, 0.5) is 5.88 Å². The molecule has 0 spiro atoms. The molecule has 0 saturated heterocycles. The van der Waals surface area contributed by atoms with Crippen LogP contribution in [0.2, 0.25) is 5.02 Å². The van der Waals surface area contributed by atoms with E-state index in [4.69, 9.17) is 16.0 Å². The molecule has 2 aromatic rings. The van der Waals surface area contributed by atoms with Gasteiger partial charge < -0.3 is 4.42 Å². The van der Waals surface area contributed by atoms with Gasteiger partial charge in [-0.3, -0.25) is 14.9 Å². The fourth-order valence-corrected chi connectivity index (χ4v) is 2.21. The maximum Gasteiger partial charge on any atom is 0.433 e. The highest BCUT2D eigenvalue weighted by molar-refractivity contribution is 8.00. The van der Waals surface area contributed by atoms with E-state index in [0.717, 1.165) is 4.90 Å². The highest BCUT2D eigenvalue weighted by Gasteiger charge is 2.10. The van der Waals surface area contributed by atoms with E-state index in [-0.39, 0.29) is 23.3 Å². The van der Waals surface area contributed by atoms with Crippen LogP contribution in [0.5, 0.6) is 0 Å². The number of hydrogen-bond acceptors (Lipinski definition) is 6. The number of nitrogens with one attached hydrogen (secondary N) is 1. The van der Waals surface area contributed by atoms with Crippen LogP contribution in [-0.2, 0) is 4.79 Å². The van der Waals surface area contributed by atoms with Crippen LogP contribution in [0.3, 0.4) is 0 Å². The molecule has 22 heavy (non-hydrogen) atoms. The first-order chi connectivity index (χ1) is 10.5. The zero-order valence-electron chi connectivity index (χ0n) is 11.1. The lowest BCUT2D eigenvalue weighted by Gasteiger charge is -2.00. The van der Waals surface area contributed by atoms with Gasteiger partial charge in [0.1, 0.15) is 4.92 Å². The van der Waals surface area contributed by atoms with E-state index in [0.29, 0.717) is 5.02 Å². The maximum absolute atomic E-state index is 11.6. The van der Waals surface area contributed by atoms with E-state index in [1.807, 2.05) is 12.1 Å². The lowest BCUT2D eigenvalue weighted by atomic mass is 10.4. The second-order valence-corrected chi connectivity index (χ2v) is 5.45. The molecule has 0 fully saturated rings. The minimum Gasteiger partial charge on any atom is -0.400 e. The number of thioether (sulfide) groups is 1. The lowest BCUT2D eigenvalue weighted by molar-refractivity contribution is -0.402. The minimum absolute atomic E-state index is 0.178. The monoisotopic (exact) mass is 339 g/mol. The van der Waals surface area contributed by atoms with Gasteiger partial charge in [-0.15, -0.1) is 11.8 Å². The molecule has 0 aliphatic rings. The van der Waals surface area contributed by atoms with E-state index in [1.54, 1.807) is 12.1 Å². The van der Waals surface area contributed by atoms with Crippen LogP contribution in [0.15, 0.2) is 50.8 Å². The Kier molecular flexibility index (Phi) is 5.56. The second-order valence-electron chi connectivity index (χ2n) is 3.97. The SMILES string of the molecule is O=C(CSc1ccc(Cl)cc1)NN=Cc1ccc([N+](=O)[O-])o1. The Morgan fingerprint density at radius 3 is 2.73 bits per heavy atom. The fourth-order valence-electron chi connectivity index (χ4n) is 1.39. The predicted octanol–water partition coefficient (Wildman–Crippen LogP) is 3.08. The van der Waals surface area contributed by atoms with Gasteiger partial charge in [0.2, 0.25) is 5.91 Å². The van der Waals surface area contributed by atoms with Crippen molar-refractivity contribution in [1.82, 2.24) is 5.43 Å². The molecule has 0 saturated carbocycles. The van der Waals surface area contributed by atoms with Crippen LogP contribution >= 0.6 is 23.4 Å². The van der Waals surface area contributed by atoms with Crippen molar-refractivity contribution in [2.24, 2.45) is 5.10 Å². The number of amides is 1. The number of hydrogen-bond donors (Lipinski definition) is 1. The number of carbonyl (C=O) groups excluding carboxylic acids is 1. The molecule has 0 aliphatic heterocycles. The molecule has 0 radical (unpaired) electrons. The lowest BCUT2D eigenvalue weighted by Crippen LogP contribution is -2.19. The van der Waals surface area contributed by atoms with Crippen molar-refractivity contribution >= 4 is 41.4 Å². The molecule has 0 aliphatic carbocycles. The second kappa shape index (κ2) is 7.62.